The third kappa shape index (κ3) is 4.08. The molecule has 6 heteroatoms. The van der Waals surface area contributed by atoms with Crippen molar-refractivity contribution >= 4 is 33.3 Å². The Morgan fingerprint density at radius 3 is 2.90 bits per heavy atom. The summed E-state index contributed by atoms with van der Waals surface area (Å²) in [5.74, 6) is 1.26. The molecule has 1 N–H and O–H groups in total. The van der Waals surface area contributed by atoms with Crippen LogP contribution in [0.1, 0.15) is 19.4 Å². The Balaban J connectivity index is 2.10. The number of nitrogens with zero attached hydrogens (tertiary/aromatic N) is 2. The number of aromatic nitrogens is 2. The van der Waals surface area contributed by atoms with Gasteiger partial charge in [0.2, 0.25) is 5.88 Å². The fraction of sp³-hybridized carbons (Fsp3) is 0.286. The van der Waals surface area contributed by atoms with Gasteiger partial charge in [0.05, 0.1) is 11.1 Å². The molecule has 0 atom stereocenters. The minimum atomic E-state index is 0.0815. The van der Waals surface area contributed by atoms with E-state index in [1.165, 1.54) is 0 Å². The predicted octanol–water partition coefficient (Wildman–Crippen LogP) is 4.29. The van der Waals surface area contributed by atoms with E-state index >= 15 is 0 Å². The van der Waals surface area contributed by atoms with Gasteiger partial charge in [0, 0.05) is 29.0 Å². The SMILES string of the molecule is CC(C)Oc1ncccc1CNc1ncc(Br)cc1Cl. The minimum Gasteiger partial charge on any atom is -0.475 e. The van der Waals surface area contributed by atoms with E-state index in [0.717, 1.165) is 10.0 Å². The summed E-state index contributed by atoms with van der Waals surface area (Å²) >= 11 is 9.44. The second-order valence-electron chi connectivity index (χ2n) is 4.47. The highest BCUT2D eigenvalue weighted by atomic mass is 79.9. The van der Waals surface area contributed by atoms with Gasteiger partial charge in [0.1, 0.15) is 5.82 Å². The molecule has 0 saturated heterocycles. The molecule has 0 aliphatic carbocycles. The normalized spacial score (nSPS) is 10.7. The summed E-state index contributed by atoms with van der Waals surface area (Å²) in [6, 6.07) is 5.64. The van der Waals surface area contributed by atoms with Gasteiger partial charge in [0.15, 0.2) is 0 Å². The lowest BCUT2D eigenvalue weighted by atomic mass is 10.2. The van der Waals surface area contributed by atoms with Crippen LogP contribution in [0.3, 0.4) is 0 Å². The van der Waals surface area contributed by atoms with Gasteiger partial charge >= 0.3 is 0 Å². The second-order valence-corrected chi connectivity index (χ2v) is 5.79. The molecule has 0 saturated carbocycles. The first kappa shape index (κ1) is 15.1. The molecule has 2 heterocycles. The molecule has 2 aromatic heterocycles. The fourth-order valence-corrected chi connectivity index (χ4v) is 2.31. The standard InChI is InChI=1S/C14H15BrClN3O/c1-9(2)20-14-10(4-3-5-17-14)7-18-13-12(16)6-11(15)8-19-13/h3-6,8-9H,7H2,1-2H3,(H,18,19). The van der Waals surface area contributed by atoms with Crippen LogP contribution in [0.4, 0.5) is 5.82 Å². The van der Waals surface area contributed by atoms with E-state index in [9.17, 15) is 0 Å². The van der Waals surface area contributed by atoms with E-state index in [-0.39, 0.29) is 6.10 Å². The molecule has 0 fully saturated rings. The molecule has 0 aliphatic rings. The molecule has 0 spiro atoms. The lowest BCUT2D eigenvalue weighted by Crippen LogP contribution is -2.11. The summed E-state index contributed by atoms with van der Waals surface area (Å²) in [5.41, 5.74) is 0.960. The van der Waals surface area contributed by atoms with E-state index < -0.39 is 0 Å². The van der Waals surface area contributed by atoms with Crippen molar-refractivity contribution in [3.05, 3.63) is 45.7 Å². The Morgan fingerprint density at radius 2 is 2.20 bits per heavy atom. The highest BCUT2D eigenvalue weighted by molar-refractivity contribution is 9.10. The molecular weight excluding hydrogens is 342 g/mol. The van der Waals surface area contributed by atoms with Crippen LogP contribution in [-0.2, 0) is 6.54 Å². The van der Waals surface area contributed by atoms with Crippen molar-refractivity contribution in [2.45, 2.75) is 26.5 Å². The van der Waals surface area contributed by atoms with E-state index in [1.807, 2.05) is 26.0 Å². The Hall–Kier alpha value is -1.33. The number of rotatable bonds is 5. The Labute approximate surface area is 131 Å². The molecule has 2 rings (SSSR count). The molecule has 0 amide bonds. The van der Waals surface area contributed by atoms with Crippen molar-refractivity contribution in [1.29, 1.82) is 0 Å². The zero-order valence-corrected chi connectivity index (χ0v) is 13.6. The lowest BCUT2D eigenvalue weighted by molar-refractivity contribution is 0.230. The van der Waals surface area contributed by atoms with Crippen LogP contribution in [0.15, 0.2) is 35.1 Å². The third-order valence-corrected chi connectivity index (χ3v) is 3.17. The number of pyridine rings is 2. The smallest absolute Gasteiger partial charge is 0.218 e. The number of ether oxygens (including phenoxy) is 1. The number of nitrogens with one attached hydrogen (secondary N) is 1. The van der Waals surface area contributed by atoms with Gasteiger partial charge in [0.25, 0.3) is 0 Å². The Kier molecular flexibility index (Phi) is 5.20. The van der Waals surface area contributed by atoms with E-state index in [1.54, 1.807) is 18.5 Å². The molecule has 0 aliphatic heterocycles. The fourth-order valence-electron chi connectivity index (χ4n) is 1.61. The Morgan fingerprint density at radius 1 is 1.40 bits per heavy atom. The van der Waals surface area contributed by atoms with Crippen LogP contribution in [-0.4, -0.2) is 16.1 Å². The molecule has 4 nitrogen and oxygen atoms in total. The number of hydrogen-bond acceptors (Lipinski definition) is 4. The highest BCUT2D eigenvalue weighted by Gasteiger charge is 2.08. The number of halogens is 2. The second kappa shape index (κ2) is 6.90. The third-order valence-electron chi connectivity index (χ3n) is 2.45. The zero-order valence-electron chi connectivity index (χ0n) is 11.2. The average Bonchev–Trinajstić information content (AvgIpc) is 2.39. The van der Waals surface area contributed by atoms with Gasteiger partial charge in [-0.3, -0.25) is 0 Å². The van der Waals surface area contributed by atoms with Crippen LogP contribution < -0.4 is 10.1 Å². The first-order valence-corrected chi connectivity index (χ1v) is 7.39. The van der Waals surface area contributed by atoms with Crippen LogP contribution in [0, 0.1) is 0 Å². The first-order chi connectivity index (χ1) is 9.56. The molecule has 20 heavy (non-hydrogen) atoms. The lowest BCUT2D eigenvalue weighted by Gasteiger charge is -2.13. The maximum atomic E-state index is 6.12. The summed E-state index contributed by atoms with van der Waals surface area (Å²) in [6.07, 6.45) is 3.49. The quantitative estimate of drug-likeness (QED) is 0.868. The summed E-state index contributed by atoms with van der Waals surface area (Å²) in [5, 5.41) is 3.75. The summed E-state index contributed by atoms with van der Waals surface area (Å²) < 4.78 is 6.52. The van der Waals surface area contributed by atoms with E-state index in [2.05, 4.69) is 31.2 Å². The van der Waals surface area contributed by atoms with Crippen molar-refractivity contribution in [3.8, 4) is 5.88 Å². The minimum absolute atomic E-state index is 0.0815. The monoisotopic (exact) mass is 355 g/mol. The van der Waals surface area contributed by atoms with Gasteiger partial charge in [-0.15, -0.1) is 0 Å². The van der Waals surface area contributed by atoms with Crippen LogP contribution >= 0.6 is 27.5 Å². The van der Waals surface area contributed by atoms with Crippen molar-refractivity contribution < 1.29 is 4.74 Å². The van der Waals surface area contributed by atoms with Crippen molar-refractivity contribution in [3.63, 3.8) is 0 Å². The topological polar surface area (TPSA) is 47.0 Å². The van der Waals surface area contributed by atoms with E-state index in [0.29, 0.717) is 23.3 Å². The van der Waals surface area contributed by atoms with Gasteiger partial charge in [-0.2, -0.15) is 0 Å². The molecule has 0 radical (unpaired) electrons. The maximum absolute atomic E-state index is 6.12. The molecule has 0 aromatic carbocycles. The van der Waals surface area contributed by atoms with Crippen molar-refractivity contribution in [2.75, 3.05) is 5.32 Å². The molecule has 0 bridgehead atoms. The molecular formula is C14H15BrClN3O. The van der Waals surface area contributed by atoms with Gasteiger partial charge in [-0.1, -0.05) is 17.7 Å². The average molecular weight is 357 g/mol. The van der Waals surface area contributed by atoms with Crippen LogP contribution in [0.5, 0.6) is 5.88 Å². The Bertz CT molecular complexity index is 592. The van der Waals surface area contributed by atoms with Crippen molar-refractivity contribution in [1.82, 2.24) is 9.97 Å². The number of hydrogen-bond donors (Lipinski definition) is 1. The zero-order chi connectivity index (χ0) is 14.5. The van der Waals surface area contributed by atoms with Crippen molar-refractivity contribution in [2.24, 2.45) is 0 Å². The van der Waals surface area contributed by atoms with Crippen LogP contribution in [0.2, 0.25) is 5.02 Å². The summed E-state index contributed by atoms with van der Waals surface area (Å²) in [4.78, 5) is 8.48. The van der Waals surface area contributed by atoms with Gasteiger partial charge < -0.3 is 10.1 Å². The molecule has 2 aromatic rings. The first-order valence-electron chi connectivity index (χ1n) is 6.21. The van der Waals surface area contributed by atoms with Gasteiger partial charge in [-0.25, -0.2) is 9.97 Å². The van der Waals surface area contributed by atoms with Gasteiger partial charge in [-0.05, 0) is 41.9 Å². The highest BCUT2D eigenvalue weighted by Crippen LogP contribution is 2.24. The summed E-state index contributed by atoms with van der Waals surface area (Å²) in [7, 11) is 0. The number of anilines is 1. The predicted molar refractivity (Wildman–Crippen MR) is 84.3 cm³/mol. The largest absolute Gasteiger partial charge is 0.475 e. The molecule has 0 unspecified atom stereocenters. The summed E-state index contributed by atoms with van der Waals surface area (Å²) in [6.45, 7) is 4.49. The maximum Gasteiger partial charge on any atom is 0.218 e. The van der Waals surface area contributed by atoms with Crippen LogP contribution in [0.25, 0.3) is 0 Å². The van der Waals surface area contributed by atoms with E-state index in [4.69, 9.17) is 16.3 Å². The molecule has 106 valence electrons.